The molecule has 302 valence electrons. The Kier molecular flexibility index (Phi) is 12.7. The second-order valence-electron chi connectivity index (χ2n) is 15.4. The van der Waals surface area contributed by atoms with Gasteiger partial charge in [0, 0.05) is 76.9 Å². The number of hydrogen-bond acceptors (Lipinski definition) is 11. The molecule has 7 atom stereocenters. The van der Waals surface area contributed by atoms with E-state index in [2.05, 4.69) is 16.0 Å². The van der Waals surface area contributed by atoms with Crippen molar-refractivity contribution in [2.24, 2.45) is 0 Å². The van der Waals surface area contributed by atoms with Crippen LogP contribution in [0, 0.1) is 13.8 Å². The molecule has 3 saturated heterocycles. The van der Waals surface area contributed by atoms with E-state index in [9.17, 15) is 53.5 Å². The fraction of sp³-hybridized carbons (Fsp3) is 0.722. The fourth-order valence-electron chi connectivity index (χ4n) is 8.18. The van der Waals surface area contributed by atoms with E-state index >= 15 is 0 Å². The zero-order valence-electron chi connectivity index (χ0n) is 30.9. The van der Waals surface area contributed by atoms with Crippen molar-refractivity contribution in [2.45, 2.75) is 119 Å². The summed E-state index contributed by atoms with van der Waals surface area (Å²) in [5, 5.41) is 62.1. The molecule has 0 bridgehead atoms. The van der Waals surface area contributed by atoms with Gasteiger partial charge in [-0.15, -0.1) is 0 Å². The molecule has 1 spiro atoms. The van der Waals surface area contributed by atoms with E-state index in [1.54, 1.807) is 18.7 Å². The van der Waals surface area contributed by atoms with Gasteiger partial charge >= 0.3 is 12.0 Å². The molecular weight excluding hydrogens is 716 g/mol. The van der Waals surface area contributed by atoms with Crippen LogP contribution in [0.1, 0.15) is 73.4 Å². The number of phenols is 1. The van der Waals surface area contributed by atoms with E-state index < -0.39 is 78.3 Å². The standard InChI is InChI=1S/C36H53F2N5O11/c1-20-14-23(15-21(2)28(20)47)31(49)39-17-26(46)29(48)30-27(40-22(3)44)25(45)16-35(54-30,32(50)51)9-11-43-12-13-53-19-34(43)8-10-42(18-34)33(52)41-24-4-6-36(37,38)7-5-24/h14-15,24-27,29-30,45-48H,4-13,16-19H2,1-3H3,(H,39,49)(H,40,44)(H,41,52)(H,50,51)/t25-,26+,27+,29+,30+,34-,35+/m0/s1. The number of aromatic hydroxyl groups is 1. The Bertz CT molecular complexity index is 1540. The van der Waals surface area contributed by atoms with Crippen LogP contribution in [0.3, 0.4) is 0 Å². The number of urea groups is 1. The van der Waals surface area contributed by atoms with E-state index in [4.69, 9.17) is 9.47 Å². The van der Waals surface area contributed by atoms with Crippen molar-refractivity contribution < 1.29 is 63.0 Å². The number of carbonyl (C=O) groups is 4. The summed E-state index contributed by atoms with van der Waals surface area (Å²) < 4.78 is 39.2. The van der Waals surface area contributed by atoms with Crippen molar-refractivity contribution in [3.63, 3.8) is 0 Å². The Hall–Kier alpha value is -3.68. The van der Waals surface area contributed by atoms with E-state index in [1.165, 1.54) is 19.1 Å². The molecule has 8 N–H and O–H groups in total. The van der Waals surface area contributed by atoms with Crippen LogP contribution in [-0.2, 0) is 19.1 Å². The van der Waals surface area contributed by atoms with Crippen LogP contribution in [0.4, 0.5) is 13.6 Å². The largest absolute Gasteiger partial charge is 0.507 e. The van der Waals surface area contributed by atoms with Crippen LogP contribution >= 0.6 is 0 Å². The van der Waals surface area contributed by atoms with Gasteiger partial charge in [0.1, 0.15) is 18.0 Å². The number of nitrogens with one attached hydrogen (secondary N) is 3. The summed E-state index contributed by atoms with van der Waals surface area (Å²) in [7, 11) is 0. The SMILES string of the molecule is CC(=O)N[C@H]1[C@H]([C@H](O)[C@H](O)CNC(=O)c2cc(C)c(O)c(C)c2)O[C@@](CCN2CCOC[C@@]23CCN(C(=O)NC2CCC(F)(F)CC2)C3)(C(=O)O)C[C@@H]1O. The molecule has 3 heterocycles. The molecule has 54 heavy (non-hydrogen) atoms. The van der Waals surface area contributed by atoms with Gasteiger partial charge in [0.25, 0.3) is 5.91 Å². The van der Waals surface area contributed by atoms with Crippen LogP contribution in [0.2, 0.25) is 0 Å². The minimum Gasteiger partial charge on any atom is -0.507 e. The molecule has 1 saturated carbocycles. The molecule has 3 aliphatic heterocycles. The number of nitrogens with zero attached hydrogens (tertiary/aromatic N) is 2. The van der Waals surface area contributed by atoms with Gasteiger partial charge in [-0.2, -0.15) is 0 Å². The summed E-state index contributed by atoms with van der Waals surface area (Å²) in [4.78, 5) is 54.8. The van der Waals surface area contributed by atoms with Gasteiger partial charge in [-0.3, -0.25) is 14.5 Å². The number of hydrogen-bond donors (Lipinski definition) is 8. The lowest BCUT2D eigenvalue weighted by Gasteiger charge is -2.49. The first-order chi connectivity index (χ1) is 25.3. The molecule has 1 aromatic carbocycles. The second-order valence-corrected chi connectivity index (χ2v) is 15.4. The van der Waals surface area contributed by atoms with Gasteiger partial charge in [-0.1, -0.05) is 0 Å². The van der Waals surface area contributed by atoms with Gasteiger partial charge in [0.2, 0.25) is 11.8 Å². The van der Waals surface area contributed by atoms with E-state index in [1.807, 2.05) is 4.90 Å². The highest BCUT2D eigenvalue weighted by Gasteiger charge is 2.55. The van der Waals surface area contributed by atoms with Crippen LogP contribution in [0.15, 0.2) is 12.1 Å². The fourth-order valence-corrected chi connectivity index (χ4v) is 8.18. The second kappa shape index (κ2) is 16.6. The van der Waals surface area contributed by atoms with Crippen molar-refractivity contribution in [3.8, 4) is 5.75 Å². The maximum atomic E-state index is 13.6. The van der Waals surface area contributed by atoms with Crippen LogP contribution in [0.25, 0.3) is 0 Å². The zero-order valence-corrected chi connectivity index (χ0v) is 30.9. The number of carbonyl (C=O) groups excluding carboxylic acids is 3. The number of aliphatic hydroxyl groups is 3. The lowest BCUT2D eigenvalue weighted by molar-refractivity contribution is -0.231. The Morgan fingerprint density at radius 3 is 2.33 bits per heavy atom. The highest BCUT2D eigenvalue weighted by Crippen LogP contribution is 2.38. The number of aliphatic carboxylic acids is 1. The Morgan fingerprint density at radius 1 is 1.04 bits per heavy atom. The topological polar surface area (TPSA) is 230 Å². The van der Waals surface area contributed by atoms with Crippen molar-refractivity contribution in [3.05, 3.63) is 28.8 Å². The quantitative estimate of drug-likeness (QED) is 0.153. The van der Waals surface area contributed by atoms with Crippen LogP contribution in [-0.4, -0.2) is 159 Å². The highest BCUT2D eigenvalue weighted by molar-refractivity contribution is 5.95. The van der Waals surface area contributed by atoms with E-state index in [0.717, 1.165) is 0 Å². The summed E-state index contributed by atoms with van der Waals surface area (Å²) in [5.41, 5.74) is -1.65. The van der Waals surface area contributed by atoms with Gasteiger partial charge in [0.05, 0.1) is 37.0 Å². The average Bonchev–Trinajstić information content (AvgIpc) is 3.54. The molecule has 1 aliphatic carbocycles. The molecule has 4 fully saturated rings. The molecule has 0 unspecified atom stereocenters. The number of morpholine rings is 1. The smallest absolute Gasteiger partial charge is 0.336 e. The average molecular weight is 770 g/mol. The van der Waals surface area contributed by atoms with Crippen molar-refractivity contribution in [1.29, 1.82) is 0 Å². The number of ether oxygens (including phenoxy) is 2. The number of benzene rings is 1. The predicted octanol–water partition coefficient (Wildman–Crippen LogP) is 0.393. The van der Waals surface area contributed by atoms with Gasteiger partial charge in [-0.25, -0.2) is 18.4 Å². The van der Waals surface area contributed by atoms with Crippen LogP contribution < -0.4 is 16.0 Å². The van der Waals surface area contributed by atoms with Gasteiger partial charge < -0.3 is 55.9 Å². The molecule has 18 heteroatoms. The number of phenolic OH excluding ortho intramolecular Hbond substituents is 1. The summed E-state index contributed by atoms with van der Waals surface area (Å²) in [6.45, 7) is 5.61. The summed E-state index contributed by atoms with van der Waals surface area (Å²) in [6, 6.07) is 0.871. The maximum absolute atomic E-state index is 13.6. The molecule has 4 aliphatic rings. The highest BCUT2D eigenvalue weighted by atomic mass is 19.3. The number of carboxylic acids is 1. The van der Waals surface area contributed by atoms with Gasteiger partial charge in [-0.05, 0) is 56.4 Å². The third kappa shape index (κ3) is 9.22. The number of carboxylic acid groups (broad SMARTS) is 1. The normalized spacial score (nSPS) is 30.1. The minimum atomic E-state index is -2.72. The Balaban J connectivity index is 1.27. The number of aliphatic hydroxyl groups excluding tert-OH is 3. The molecule has 0 radical (unpaired) electrons. The molecule has 1 aromatic rings. The number of likely N-dealkylation sites (tertiary alicyclic amines) is 1. The van der Waals surface area contributed by atoms with Crippen LogP contribution in [0.5, 0.6) is 5.75 Å². The lowest BCUT2D eigenvalue weighted by atomic mass is 9.81. The van der Waals surface area contributed by atoms with Crippen molar-refractivity contribution in [2.75, 3.05) is 45.9 Å². The van der Waals surface area contributed by atoms with E-state index in [-0.39, 0.29) is 75.2 Å². The molecule has 4 amide bonds. The minimum absolute atomic E-state index is 0.0331. The first kappa shape index (κ1) is 41.5. The molecule has 16 nitrogen and oxygen atoms in total. The number of halogens is 2. The maximum Gasteiger partial charge on any atom is 0.336 e. The Labute approximate surface area is 312 Å². The van der Waals surface area contributed by atoms with Crippen molar-refractivity contribution >= 4 is 23.8 Å². The predicted molar refractivity (Wildman–Crippen MR) is 187 cm³/mol. The Morgan fingerprint density at radius 2 is 1.70 bits per heavy atom. The van der Waals surface area contributed by atoms with Crippen molar-refractivity contribution in [1.82, 2.24) is 25.8 Å². The zero-order chi connectivity index (χ0) is 39.6. The summed E-state index contributed by atoms with van der Waals surface area (Å²) in [6.07, 6.45) is -7.12. The number of aryl methyl sites for hydroxylation is 2. The number of amides is 4. The molecule has 5 rings (SSSR count). The number of alkyl halides is 2. The first-order valence-electron chi connectivity index (χ1n) is 18.4. The third-order valence-corrected chi connectivity index (χ3v) is 11.4. The lowest BCUT2D eigenvalue weighted by Crippen LogP contribution is -2.68. The summed E-state index contributed by atoms with van der Waals surface area (Å²) >= 11 is 0. The third-order valence-electron chi connectivity index (χ3n) is 11.4. The molecule has 0 aromatic heterocycles. The van der Waals surface area contributed by atoms with Gasteiger partial charge in [0.15, 0.2) is 5.60 Å². The monoisotopic (exact) mass is 769 g/mol. The molecular formula is C36H53F2N5O11. The summed E-state index contributed by atoms with van der Waals surface area (Å²) in [5.74, 6) is -5.34. The number of rotatable bonds is 11. The first-order valence-corrected chi connectivity index (χ1v) is 18.4. The van der Waals surface area contributed by atoms with E-state index in [0.29, 0.717) is 37.2 Å².